The molecule has 1 aromatic rings. The van der Waals surface area contributed by atoms with Gasteiger partial charge in [0.1, 0.15) is 12.1 Å². The van der Waals surface area contributed by atoms with E-state index in [1.807, 2.05) is 51.1 Å². The topological polar surface area (TPSA) is 128 Å². The summed E-state index contributed by atoms with van der Waals surface area (Å²) in [6.07, 6.45) is 1.47. The first kappa shape index (κ1) is 27.0. The number of hydrogen-bond acceptors (Lipinski definition) is 6. The number of likely N-dealkylation sites (tertiary alicyclic amines) is 1. The van der Waals surface area contributed by atoms with E-state index in [4.69, 9.17) is 4.74 Å². The molecule has 0 spiro atoms. The van der Waals surface area contributed by atoms with Crippen molar-refractivity contribution in [3.63, 3.8) is 0 Å². The predicted octanol–water partition coefficient (Wildman–Crippen LogP) is 1.93. The molecule has 192 valence electrons. The minimum atomic E-state index is -1.41. The van der Waals surface area contributed by atoms with Crippen LogP contribution in [-0.2, 0) is 20.9 Å². The van der Waals surface area contributed by atoms with Crippen LogP contribution >= 0.6 is 0 Å². The first-order valence-corrected chi connectivity index (χ1v) is 12.4. The van der Waals surface area contributed by atoms with Crippen LogP contribution in [-0.4, -0.2) is 64.1 Å². The highest BCUT2D eigenvalue weighted by Crippen LogP contribution is 2.51. The number of hydrogen-bond donors (Lipinski definition) is 4. The van der Waals surface area contributed by atoms with Gasteiger partial charge < -0.3 is 30.3 Å². The molecule has 3 rings (SSSR count). The fraction of sp³-hybridized carbons (Fsp3) is 0.640. The Bertz CT molecular complexity index is 906. The van der Waals surface area contributed by atoms with Crippen molar-refractivity contribution in [1.82, 2.24) is 15.5 Å². The third-order valence-electron chi connectivity index (χ3n) is 6.98. The van der Waals surface area contributed by atoms with Gasteiger partial charge >= 0.3 is 13.2 Å². The Morgan fingerprint density at radius 2 is 1.86 bits per heavy atom. The van der Waals surface area contributed by atoms with E-state index in [1.54, 1.807) is 4.90 Å². The molecule has 1 aromatic carbocycles. The third kappa shape index (κ3) is 6.55. The monoisotopic (exact) mass is 487 g/mol. The van der Waals surface area contributed by atoms with E-state index in [2.05, 4.69) is 10.6 Å². The summed E-state index contributed by atoms with van der Waals surface area (Å²) >= 11 is 0. The molecule has 10 heteroatoms. The van der Waals surface area contributed by atoms with E-state index >= 15 is 0 Å². The summed E-state index contributed by atoms with van der Waals surface area (Å²) in [6.45, 7) is 7.97. The summed E-state index contributed by atoms with van der Waals surface area (Å²) in [5.74, 6) is -1.03. The van der Waals surface area contributed by atoms with Crippen molar-refractivity contribution in [2.75, 3.05) is 13.1 Å². The van der Waals surface area contributed by atoms with Gasteiger partial charge in [-0.1, -0.05) is 36.8 Å². The molecule has 2 fully saturated rings. The van der Waals surface area contributed by atoms with Crippen molar-refractivity contribution in [2.24, 2.45) is 17.8 Å². The van der Waals surface area contributed by atoms with Gasteiger partial charge in [0.25, 0.3) is 0 Å². The molecule has 4 atom stereocenters. The lowest BCUT2D eigenvalue weighted by atomic mass is 9.74. The number of fused-ring (bicyclic) bond motifs is 1. The summed E-state index contributed by atoms with van der Waals surface area (Å²) in [5, 5.41) is 24.7. The van der Waals surface area contributed by atoms with Gasteiger partial charge in [0.05, 0.1) is 0 Å². The maximum absolute atomic E-state index is 13.8. The zero-order chi connectivity index (χ0) is 25.8. The highest BCUT2D eigenvalue weighted by molar-refractivity contribution is 6.40. The average Bonchev–Trinajstić information content (AvgIpc) is 3.29. The number of rotatable bonds is 8. The Balaban J connectivity index is 1.82. The molecular formula is C25H38BN3O6. The van der Waals surface area contributed by atoms with Gasteiger partial charge in [0.15, 0.2) is 0 Å². The molecule has 4 N–H and O–H groups in total. The van der Waals surface area contributed by atoms with E-state index in [0.717, 1.165) is 5.56 Å². The predicted molar refractivity (Wildman–Crippen MR) is 132 cm³/mol. The van der Waals surface area contributed by atoms with Crippen LogP contribution in [0.1, 0.15) is 52.5 Å². The molecule has 9 nitrogen and oxygen atoms in total. The number of nitrogens with one attached hydrogen (secondary N) is 2. The fourth-order valence-electron chi connectivity index (χ4n) is 5.67. The Labute approximate surface area is 207 Å². The van der Waals surface area contributed by atoms with E-state index in [-0.39, 0.29) is 42.5 Å². The zero-order valence-electron chi connectivity index (χ0n) is 21.1. The number of nitrogens with zero attached hydrogens (tertiary/aromatic N) is 1. The molecule has 1 aliphatic carbocycles. The molecule has 0 radical (unpaired) electrons. The first-order valence-electron chi connectivity index (χ1n) is 12.4. The lowest BCUT2D eigenvalue weighted by molar-refractivity contribution is -0.138. The van der Waals surface area contributed by atoms with Crippen LogP contribution in [0, 0.1) is 17.8 Å². The second-order valence-electron chi connectivity index (χ2n) is 10.9. The van der Waals surface area contributed by atoms with Crippen LogP contribution in [0.15, 0.2) is 30.3 Å². The van der Waals surface area contributed by atoms with Gasteiger partial charge in [-0.2, -0.15) is 0 Å². The van der Waals surface area contributed by atoms with Crippen LogP contribution in [0.5, 0.6) is 0 Å². The SMILES string of the molecule is CC(=O)NC1(C(=O)NC(C)(C)C)C(CCCB(O)O)C[C@H]2CN(C(=O)OCc3ccccc3)C[C@H]21. The quantitative estimate of drug-likeness (QED) is 0.415. The van der Waals surface area contributed by atoms with Crippen LogP contribution < -0.4 is 10.6 Å². The van der Waals surface area contributed by atoms with Crippen molar-refractivity contribution in [3.05, 3.63) is 35.9 Å². The number of carbonyl (C=O) groups excluding carboxylic acids is 3. The molecule has 1 aliphatic heterocycles. The second kappa shape index (κ2) is 11.0. The summed E-state index contributed by atoms with van der Waals surface area (Å²) in [6, 6.07) is 9.44. The van der Waals surface area contributed by atoms with Crippen LogP contribution in [0.25, 0.3) is 0 Å². The second-order valence-corrected chi connectivity index (χ2v) is 10.9. The smallest absolute Gasteiger partial charge is 0.445 e. The molecule has 2 aliphatic rings. The highest BCUT2D eigenvalue weighted by Gasteiger charge is 2.63. The highest BCUT2D eigenvalue weighted by atomic mass is 16.6. The standard InChI is InChI=1S/C25H38BN3O6/c1-17(30)27-25(22(31)28-24(2,3)4)20(11-8-12-26(33)34)13-19-14-29(15-21(19)25)23(32)35-16-18-9-6-5-7-10-18/h5-7,9-10,19-21,33-34H,8,11-16H2,1-4H3,(H,27,30)(H,28,31)/t19-,20?,21+,25?/m0/s1. The van der Waals surface area contributed by atoms with Crippen LogP contribution in [0.2, 0.25) is 6.32 Å². The molecule has 2 unspecified atom stereocenters. The van der Waals surface area contributed by atoms with E-state index in [0.29, 0.717) is 32.4 Å². The molecule has 1 heterocycles. The van der Waals surface area contributed by atoms with E-state index < -0.39 is 24.3 Å². The van der Waals surface area contributed by atoms with E-state index in [1.165, 1.54) is 6.92 Å². The zero-order valence-corrected chi connectivity index (χ0v) is 21.1. The van der Waals surface area contributed by atoms with Gasteiger partial charge in [-0.15, -0.1) is 0 Å². The lowest BCUT2D eigenvalue weighted by Gasteiger charge is -2.41. The van der Waals surface area contributed by atoms with Gasteiger partial charge in [-0.05, 0) is 57.3 Å². The number of carbonyl (C=O) groups is 3. The largest absolute Gasteiger partial charge is 0.451 e. The van der Waals surface area contributed by atoms with Crippen LogP contribution in [0.4, 0.5) is 4.79 Å². The molecule has 3 amide bonds. The number of ether oxygens (including phenoxy) is 1. The average molecular weight is 487 g/mol. The molecule has 0 bridgehead atoms. The van der Waals surface area contributed by atoms with Crippen LogP contribution in [0.3, 0.4) is 0 Å². The fourth-order valence-corrected chi connectivity index (χ4v) is 5.67. The Hall–Kier alpha value is -2.59. The summed E-state index contributed by atoms with van der Waals surface area (Å²) in [5.41, 5.74) is -0.818. The van der Waals surface area contributed by atoms with E-state index in [9.17, 15) is 24.4 Å². The Morgan fingerprint density at radius 1 is 1.17 bits per heavy atom. The van der Waals surface area contributed by atoms with Crippen molar-refractivity contribution in [1.29, 1.82) is 0 Å². The third-order valence-corrected chi connectivity index (χ3v) is 6.98. The molecular weight excluding hydrogens is 449 g/mol. The summed E-state index contributed by atoms with van der Waals surface area (Å²) < 4.78 is 5.53. The van der Waals surface area contributed by atoms with Crippen molar-refractivity contribution >= 4 is 25.0 Å². The lowest BCUT2D eigenvalue weighted by Crippen LogP contribution is -2.67. The maximum Gasteiger partial charge on any atom is 0.451 e. The Kier molecular flexibility index (Phi) is 8.48. The summed E-state index contributed by atoms with van der Waals surface area (Å²) in [4.78, 5) is 40.7. The molecule has 1 saturated heterocycles. The van der Waals surface area contributed by atoms with Crippen molar-refractivity contribution in [3.8, 4) is 0 Å². The summed E-state index contributed by atoms with van der Waals surface area (Å²) in [7, 11) is -1.41. The first-order chi connectivity index (χ1) is 16.4. The van der Waals surface area contributed by atoms with Gasteiger partial charge in [-0.3, -0.25) is 9.59 Å². The van der Waals surface area contributed by atoms with Gasteiger partial charge in [0.2, 0.25) is 11.8 Å². The number of amides is 3. The minimum Gasteiger partial charge on any atom is -0.445 e. The molecule has 1 saturated carbocycles. The normalized spacial score (nSPS) is 25.7. The Morgan fingerprint density at radius 3 is 2.46 bits per heavy atom. The van der Waals surface area contributed by atoms with Crippen molar-refractivity contribution < 1.29 is 29.2 Å². The molecule has 0 aromatic heterocycles. The van der Waals surface area contributed by atoms with Crippen molar-refractivity contribution in [2.45, 2.75) is 71.0 Å². The van der Waals surface area contributed by atoms with Gasteiger partial charge in [-0.25, -0.2) is 4.79 Å². The molecule has 35 heavy (non-hydrogen) atoms. The maximum atomic E-state index is 13.8. The van der Waals surface area contributed by atoms with Gasteiger partial charge in [0, 0.05) is 31.5 Å². The number of benzene rings is 1. The minimum absolute atomic E-state index is 0.0147.